The molecule has 1 fully saturated rings. The second-order valence-electron chi connectivity index (χ2n) is 6.17. The van der Waals surface area contributed by atoms with Crippen LogP contribution in [0.5, 0.6) is 0 Å². The summed E-state index contributed by atoms with van der Waals surface area (Å²) in [5.41, 5.74) is 2.75. The molecule has 1 aliphatic rings. The van der Waals surface area contributed by atoms with Gasteiger partial charge in [-0.2, -0.15) is 0 Å². The van der Waals surface area contributed by atoms with Crippen molar-refractivity contribution in [2.45, 2.75) is 0 Å². The third kappa shape index (κ3) is 2.93. The lowest BCUT2D eigenvalue weighted by Crippen LogP contribution is -2.43. The number of benzene rings is 2. The van der Waals surface area contributed by atoms with Gasteiger partial charge in [-0.3, -0.25) is 0 Å². The van der Waals surface area contributed by atoms with Crippen molar-refractivity contribution in [1.29, 1.82) is 0 Å². The van der Waals surface area contributed by atoms with E-state index in [9.17, 15) is 0 Å². The fraction of sp³-hybridized carbons (Fsp3) is 0.200. The number of anilines is 1. The summed E-state index contributed by atoms with van der Waals surface area (Å²) in [5.74, 6) is 0. The highest BCUT2D eigenvalue weighted by molar-refractivity contribution is 7.22. The monoisotopic (exact) mass is 386 g/mol. The van der Waals surface area contributed by atoms with E-state index in [1.54, 1.807) is 0 Å². The first-order chi connectivity index (χ1) is 11.9. The van der Waals surface area contributed by atoms with Crippen molar-refractivity contribution in [3.63, 3.8) is 0 Å². The molecule has 0 amide bonds. The molecule has 0 saturated carbocycles. The molecule has 128 valence electrons. The highest BCUT2D eigenvalue weighted by Gasteiger charge is 2.16. The summed E-state index contributed by atoms with van der Waals surface area (Å²) in [6.45, 7) is 4.32. The van der Waals surface area contributed by atoms with E-state index in [2.05, 4.69) is 64.1 Å². The molecule has 5 heteroatoms. The first kappa shape index (κ1) is 16.9. The number of fused-ring (bicyclic) bond motifs is 2. The molecule has 2 aromatic heterocycles. The normalized spacial score (nSPS) is 14.8. The summed E-state index contributed by atoms with van der Waals surface area (Å²) >= 11 is 3.73. The van der Waals surface area contributed by atoms with E-state index in [0.29, 0.717) is 0 Å². The number of thiophene rings is 2. The number of hydrogen-bond acceptors (Lipinski definition) is 4. The van der Waals surface area contributed by atoms with E-state index in [1.807, 2.05) is 22.7 Å². The van der Waals surface area contributed by atoms with Crippen LogP contribution in [-0.4, -0.2) is 26.2 Å². The van der Waals surface area contributed by atoms with E-state index in [1.165, 1.54) is 36.3 Å². The SMILES string of the molecule is Cl.c1cc(-c2cc3c(N4CCNCC4)cccc3s2)c2ccsc2c1. The third-order valence-corrected chi connectivity index (χ3v) is 6.77. The second-order valence-corrected chi connectivity index (χ2v) is 8.21. The van der Waals surface area contributed by atoms with E-state index >= 15 is 0 Å². The molecule has 25 heavy (non-hydrogen) atoms. The highest BCUT2D eigenvalue weighted by Crippen LogP contribution is 2.41. The summed E-state index contributed by atoms with van der Waals surface area (Å²) in [6.07, 6.45) is 0. The number of piperazine rings is 1. The van der Waals surface area contributed by atoms with Gasteiger partial charge in [-0.25, -0.2) is 0 Å². The molecule has 0 bridgehead atoms. The third-order valence-electron chi connectivity index (χ3n) is 4.76. The molecule has 5 rings (SSSR count). The Labute approximate surface area is 161 Å². The van der Waals surface area contributed by atoms with Crippen molar-refractivity contribution >= 4 is 60.9 Å². The van der Waals surface area contributed by atoms with Crippen molar-refractivity contribution in [1.82, 2.24) is 5.32 Å². The lowest BCUT2D eigenvalue weighted by Gasteiger charge is -2.30. The van der Waals surface area contributed by atoms with Crippen molar-refractivity contribution in [2.24, 2.45) is 0 Å². The van der Waals surface area contributed by atoms with Gasteiger partial charge in [0.1, 0.15) is 0 Å². The van der Waals surface area contributed by atoms with Crippen LogP contribution in [0, 0.1) is 0 Å². The van der Waals surface area contributed by atoms with Crippen LogP contribution in [0.25, 0.3) is 30.6 Å². The highest BCUT2D eigenvalue weighted by atomic mass is 35.5. The van der Waals surface area contributed by atoms with Gasteiger partial charge < -0.3 is 10.2 Å². The Morgan fingerprint density at radius 2 is 1.68 bits per heavy atom. The van der Waals surface area contributed by atoms with Crippen LogP contribution in [-0.2, 0) is 0 Å². The van der Waals surface area contributed by atoms with Crippen LogP contribution in [0.1, 0.15) is 0 Å². The molecule has 3 heterocycles. The van der Waals surface area contributed by atoms with Crippen LogP contribution < -0.4 is 10.2 Å². The van der Waals surface area contributed by atoms with E-state index in [-0.39, 0.29) is 12.4 Å². The van der Waals surface area contributed by atoms with Crippen molar-refractivity contribution in [3.05, 3.63) is 53.9 Å². The summed E-state index contributed by atoms with van der Waals surface area (Å²) in [6, 6.07) is 18.0. The second kappa shape index (κ2) is 6.96. The average Bonchev–Trinajstić information content (AvgIpc) is 3.28. The van der Waals surface area contributed by atoms with Gasteiger partial charge in [0.15, 0.2) is 0 Å². The predicted octanol–water partition coefficient (Wildman–Crippen LogP) is 5.61. The Kier molecular flexibility index (Phi) is 4.69. The average molecular weight is 387 g/mol. The largest absolute Gasteiger partial charge is 0.368 e. The molecule has 1 N–H and O–H groups in total. The first-order valence-corrected chi connectivity index (χ1v) is 10.0. The number of hydrogen-bond donors (Lipinski definition) is 1. The van der Waals surface area contributed by atoms with Crippen molar-refractivity contribution in [2.75, 3.05) is 31.1 Å². The smallest absolute Gasteiger partial charge is 0.0455 e. The summed E-state index contributed by atoms with van der Waals surface area (Å²) < 4.78 is 2.75. The number of halogens is 1. The molecule has 2 aromatic carbocycles. The van der Waals surface area contributed by atoms with E-state index in [4.69, 9.17) is 0 Å². The molecule has 4 aromatic rings. The fourth-order valence-electron chi connectivity index (χ4n) is 3.57. The minimum absolute atomic E-state index is 0. The predicted molar refractivity (Wildman–Crippen MR) is 115 cm³/mol. The molecule has 0 unspecified atom stereocenters. The maximum atomic E-state index is 3.44. The molecular weight excluding hydrogens is 368 g/mol. The van der Waals surface area contributed by atoms with Gasteiger partial charge in [-0.1, -0.05) is 18.2 Å². The molecule has 0 aliphatic carbocycles. The Morgan fingerprint density at radius 1 is 0.880 bits per heavy atom. The Bertz CT molecular complexity index is 1010. The summed E-state index contributed by atoms with van der Waals surface area (Å²) in [5, 5.41) is 8.40. The lowest BCUT2D eigenvalue weighted by molar-refractivity contribution is 0.590. The van der Waals surface area contributed by atoms with Crippen LogP contribution in [0.4, 0.5) is 5.69 Å². The molecule has 2 nitrogen and oxygen atoms in total. The van der Waals surface area contributed by atoms with E-state index in [0.717, 1.165) is 26.2 Å². The molecule has 0 spiro atoms. The topological polar surface area (TPSA) is 15.3 Å². The summed E-state index contributed by atoms with van der Waals surface area (Å²) in [4.78, 5) is 3.89. The number of rotatable bonds is 2. The zero-order valence-corrected chi connectivity index (χ0v) is 16.1. The van der Waals surface area contributed by atoms with Gasteiger partial charge in [0.05, 0.1) is 0 Å². The molecule has 0 atom stereocenters. The lowest BCUT2D eigenvalue weighted by atomic mass is 10.1. The number of nitrogens with one attached hydrogen (secondary N) is 1. The first-order valence-electron chi connectivity index (χ1n) is 8.35. The minimum Gasteiger partial charge on any atom is -0.368 e. The zero-order chi connectivity index (χ0) is 15.9. The molecular formula is C20H19ClN2S2. The quantitative estimate of drug-likeness (QED) is 0.481. The van der Waals surface area contributed by atoms with Crippen LogP contribution in [0.15, 0.2) is 53.9 Å². The molecule has 1 saturated heterocycles. The van der Waals surface area contributed by atoms with Crippen molar-refractivity contribution in [3.8, 4) is 10.4 Å². The van der Waals surface area contributed by atoms with Gasteiger partial charge in [-0.05, 0) is 35.7 Å². The van der Waals surface area contributed by atoms with Gasteiger partial charge in [0, 0.05) is 62.5 Å². The fourth-order valence-corrected chi connectivity index (χ4v) is 5.50. The van der Waals surface area contributed by atoms with Crippen LogP contribution >= 0.6 is 35.1 Å². The van der Waals surface area contributed by atoms with Gasteiger partial charge in [0.25, 0.3) is 0 Å². The van der Waals surface area contributed by atoms with Crippen LogP contribution in [0.3, 0.4) is 0 Å². The maximum Gasteiger partial charge on any atom is 0.0455 e. The Hall–Kier alpha value is -1.59. The Morgan fingerprint density at radius 3 is 2.56 bits per heavy atom. The standard InChI is InChI=1S/C20H18N2S2.ClH/c1-3-14(15-7-12-23-18(15)5-1)20-13-16-17(4-2-6-19(16)24-20)22-10-8-21-9-11-22;/h1-7,12-13,21H,8-11H2;1H. The van der Waals surface area contributed by atoms with Crippen LogP contribution in [0.2, 0.25) is 0 Å². The van der Waals surface area contributed by atoms with Gasteiger partial charge >= 0.3 is 0 Å². The van der Waals surface area contributed by atoms with E-state index < -0.39 is 0 Å². The van der Waals surface area contributed by atoms with Crippen molar-refractivity contribution < 1.29 is 0 Å². The maximum absolute atomic E-state index is 3.44. The van der Waals surface area contributed by atoms with Gasteiger partial charge in [0.2, 0.25) is 0 Å². The minimum atomic E-state index is 0. The van der Waals surface area contributed by atoms with Gasteiger partial charge in [-0.15, -0.1) is 35.1 Å². The number of nitrogens with zero attached hydrogens (tertiary/aromatic N) is 1. The molecule has 1 aliphatic heterocycles. The Balaban J connectivity index is 0.00000157. The summed E-state index contributed by atoms with van der Waals surface area (Å²) in [7, 11) is 0. The zero-order valence-electron chi connectivity index (χ0n) is 13.7. The molecule has 0 radical (unpaired) electrons.